The largest absolute Gasteiger partial charge is 0.494 e. The van der Waals surface area contributed by atoms with Crippen molar-refractivity contribution in [2.24, 2.45) is 0 Å². The Morgan fingerprint density at radius 1 is 1.14 bits per heavy atom. The third-order valence-corrected chi connectivity index (χ3v) is 4.25. The summed E-state index contributed by atoms with van der Waals surface area (Å²) in [6.45, 7) is 9.54. The van der Waals surface area contributed by atoms with Gasteiger partial charge in [0.05, 0.1) is 6.61 Å². The van der Waals surface area contributed by atoms with Crippen LogP contribution < -0.4 is 10.1 Å². The van der Waals surface area contributed by atoms with E-state index in [1.807, 2.05) is 0 Å². The lowest BCUT2D eigenvalue weighted by molar-refractivity contribution is 0.159. The number of unbranched alkanes of at least 4 members (excludes halogenated alkanes) is 2. The van der Waals surface area contributed by atoms with Crippen LogP contribution >= 0.6 is 0 Å². The molecule has 1 aliphatic heterocycles. The topological polar surface area (TPSA) is 24.5 Å². The van der Waals surface area contributed by atoms with Gasteiger partial charge in [0.25, 0.3) is 0 Å². The maximum absolute atomic E-state index is 5.87. The van der Waals surface area contributed by atoms with Crippen molar-refractivity contribution in [1.29, 1.82) is 0 Å². The van der Waals surface area contributed by atoms with Crippen LogP contribution in [0.5, 0.6) is 5.75 Å². The van der Waals surface area contributed by atoms with Gasteiger partial charge in [0.2, 0.25) is 0 Å². The zero-order valence-corrected chi connectivity index (χ0v) is 13.6. The summed E-state index contributed by atoms with van der Waals surface area (Å²) in [6.07, 6.45) is 5.13. The van der Waals surface area contributed by atoms with Gasteiger partial charge < -0.3 is 10.1 Å². The molecule has 0 aromatic heterocycles. The molecule has 118 valence electrons. The van der Waals surface area contributed by atoms with E-state index in [0.717, 1.165) is 38.5 Å². The number of rotatable bonds is 8. The van der Waals surface area contributed by atoms with Crippen LogP contribution in [0.1, 0.15) is 51.1 Å². The highest BCUT2D eigenvalue weighted by atomic mass is 16.5. The van der Waals surface area contributed by atoms with E-state index in [1.54, 1.807) is 0 Å². The number of ether oxygens (including phenoxy) is 1. The molecular formula is C18H30N2O. The van der Waals surface area contributed by atoms with Gasteiger partial charge in [0, 0.05) is 37.8 Å². The van der Waals surface area contributed by atoms with E-state index in [0.29, 0.717) is 6.04 Å². The minimum atomic E-state index is 0.501. The van der Waals surface area contributed by atoms with Crippen LogP contribution in [-0.2, 0) is 0 Å². The van der Waals surface area contributed by atoms with Gasteiger partial charge in [0.1, 0.15) is 5.75 Å². The normalized spacial score (nSPS) is 17.6. The van der Waals surface area contributed by atoms with Crippen LogP contribution in [0.4, 0.5) is 0 Å². The van der Waals surface area contributed by atoms with Gasteiger partial charge in [-0.15, -0.1) is 0 Å². The Kier molecular flexibility index (Phi) is 7.04. The molecule has 0 aliphatic carbocycles. The molecule has 1 atom stereocenters. The van der Waals surface area contributed by atoms with Gasteiger partial charge in [-0.05, 0) is 19.4 Å². The Labute approximate surface area is 129 Å². The Bertz CT molecular complexity index is 402. The number of hydrogen-bond acceptors (Lipinski definition) is 3. The highest BCUT2D eigenvalue weighted by molar-refractivity contribution is 5.36. The second-order valence-electron chi connectivity index (χ2n) is 5.77. The fourth-order valence-electron chi connectivity index (χ4n) is 3.16. The second kappa shape index (κ2) is 9.06. The van der Waals surface area contributed by atoms with E-state index < -0.39 is 0 Å². The predicted octanol–water partition coefficient (Wildman–Crippen LogP) is 3.61. The number of nitrogens with one attached hydrogen (secondary N) is 1. The van der Waals surface area contributed by atoms with E-state index >= 15 is 0 Å². The van der Waals surface area contributed by atoms with Gasteiger partial charge in [-0.25, -0.2) is 0 Å². The average Bonchev–Trinajstić information content (AvgIpc) is 2.54. The summed E-state index contributed by atoms with van der Waals surface area (Å²) in [6, 6.07) is 9.10. The van der Waals surface area contributed by atoms with Crippen molar-refractivity contribution < 1.29 is 4.74 Å². The predicted molar refractivity (Wildman–Crippen MR) is 88.9 cm³/mol. The lowest BCUT2D eigenvalue weighted by Crippen LogP contribution is -2.45. The minimum Gasteiger partial charge on any atom is -0.494 e. The van der Waals surface area contributed by atoms with E-state index in [2.05, 4.69) is 48.3 Å². The molecule has 1 aromatic carbocycles. The molecule has 21 heavy (non-hydrogen) atoms. The van der Waals surface area contributed by atoms with Crippen LogP contribution in [0.2, 0.25) is 0 Å². The fraction of sp³-hybridized carbons (Fsp3) is 0.667. The maximum atomic E-state index is 5.87. The van der Waals surface area contributed by atoms with E-state index in [9.17, 15) is 0 Å². The summed E-state index contributed by atoms with van der Waals surface area (Å²) in [5.41, 5.74) is 1.37. The van der Waals surface area contributed by atoms with Crippen molar-refractivity contribution in [3.05, 3.63) is 29.8 Å². The zero-order chi connectivity index (χ0) is 14.9. The van der Waals surface area contributed by atoms with Crippen molar-refractivity contribution in [1.82, 2.24) is 10.2 Å². The van der Waals surface area contributed by atoms with Gasteiger partial charge >= 0.3 is 0 Å². The standard InChI is InChI=1S/C18H30N2O/c1-3-5-6-10-17(20-14-12-19-13-15-20)16-9-7-8-11-18(16)21-4-2/h7-9,11,17,19H,3-6,10,12-15H2,1-2H3/t17-/m0/s1. The lowest BCUT2D eigenvalue weighted by Gasteiger charge is -2.36. The number of benzene rings is 1. The molecule has 0 radical (unpaired) electrons. The Balaban J connectivity index is 2.16. The SMILES string of the molecule is CCCCC[C@@H](c1ccccc1OCC)N1CCNCC1. The molecule has 0 spiro atoms. The number of piperazine rings is 1. The van der Waals surface area contributed by atoms with Crippen LogP contribution in [0.15, 0.2) is 24.3 Å². The molecule has 1 aliphatic rings. The van der Waals surface area contributed by atoms with Crippen molar-refractivity contribution in [2.45, 2.75) is 45.6 Å². The lowest BCUT2D eigenvalue weighted by atomic mass is 9.97. The summed E-state index contributed by atoms with van der Waals surface area (Å²) in [5.74, 6) is 1.07. The molecule has 1 heterocycles. The van der Waals surface area contributed by atoms with Crippen molar-refractivity contribution in [2.75, 3.05) is 32.8 Å². The van der Waals surface area contributed by atoms with Crippen LogP contribution in [0, 0.1) is 0 Å². The Hall–Kier alpha value is -1.06. The number of para-hydroxylation sites is 1. The monoisotopic (exact) mass is 290 g/mol. The first-order chi connectivity index (χ1) is 10.4. The van der Waals surface area contributed by atoms with Crippen LogP contribution in [0.3, 0.4) is 0 Å². The van der Waals surface area contributed by atoms with E-state index in [4.69, 9.17) is 4.74 Å². The summed E-state index contributed by atoms with van der Waals surface area (Å²) in [7, 11) is 0. The highest BCUT2D eigenvalue weighted by Crippen LogP contribution is 2.33. The van der Waals surface area contributed by atoms with Crippen molar-refractivity contribution >= 4 is 0 Å². The van der Waals surface area contributed by atoms with E-state index in [1.165, 1.54) is 31.2 Å². The first-order valence-corrected chi connectivity index (χ1v) is 8.53. The summed E-state index contributed by atoms with van der Waals surface area (Å²) in [5, 5.41) is 3.46. The molecule has 1 fully saturated rings. The summed E-state index contributed by atoms with van der Waals surface area (Å²) < 4.78 is 5.87. The Morgan fingerprint density at radius 3 is 2.62 bits per heavy atom. The molecule has 3 heteroatoms. The van der Waals surface area contributed by atoms with E-state index in [-0.39, 0.29) is 0 Å². The third-order valence-electron chi connectivity index (χ3n) is 4.25. The van der Waals surface area contributed by atoms with Gasteiger partial charge in [-0.3, -0.25) is 4.90 Å². The number of hydrogen-bond donors (Lipinski definition) is 1. The van der Waals surface area contributed by atoms with Gasteiger partial charge in [-0.1, -0.05) is 44.4 Å². The first kappa shape index (κ1) is 16.3. The molecule has 2 rings (SSSR count). The molecule has 0 amide bonds. The molecule has 1 saturated heterocycles. The molecular weight excluding hydrogens is 260 g/mol. The molecule has 1 N–H and O–H groups in total. The van der Waals surface area contributed by atoms with Crippen LogP contribution in [-0.4, -0.2) is 37.7 Å². The molecule has 0 saturated carbocycles. The zero-order valence-electron chi connectivity index (χ0n) is 13.6. The summed E-state index contributed by atoms with van der Waals surface area (Å²) >= 11 is 0. The summed E-state index contributed by atoms with van der Waals surface area (Å²) in [4.78, 5) is 2.63. The maximum Gasteiger partial charge on any atom is 0.124 e. The molecule has 0 bridgehead atoms. The quantitative estimate of drug-likeness (QED) is 0.740. The van der Waals surface area contributed by atoms with Gasteiger partial charge in [-0.2, -0.15) is 0 Å². The third kappa shape index (κ3) is 4.72. The smallest absolute Gasteiger partial charge is 0.124 e. The first-order valence-electron chi connectivity index (χ1n) is 8.53. The van der Waals surface area contributed by atoms with Crippen molar-refractivity contribution in [3.8, 4) is 5.75 Å². The molecule has 3 nitrogen and oxygen atoms in total. The fourth-order valence-corrected chi connectivity index (χ4v) is 3.16. The minimum absolute atomic E-state index is 0.501. The number of nitrogens with zero attached hydrogens (tertiary/aromatic N) is 1. The highest BCUT2D eigenvalue weighted by Gasteiger charge is 2.24. The Morgan fingerprint density at radius 2 is 1.90 bits per heavy atom. The average molecular weight is 290 g/mol. The molecule has 0 unspecified atom stereocenters. The second-order valence-corrected chi connectivity index (χ2v) is 5.77. The van der Waals surface area contributed by atoms with Gasteiger partial charge in [0.15, 0.2) is 0 Å². The van der Waals surface area contributed by atoms with Crippen molar-refractivity contribution in [3.63, 3.8) is 0 Å². The molecule has 1 aromatic rings. The van der Waals surface area contributed by atoms with Crippen LogP contribution in [0.25, 0.3) is 0 Å².